The quantitative estimate of drug-likeness (QED) is 0.266. The number of hydrogen-bond acceptors (Lipinski definition) is 0. The fourth-order valence-corrected chi connectivity index (χ4v) is 5.95. The van der Waals surface area contributed by atoms with E-state index in [-0.39, 0.29) is 0 Å². The van der Waals surface area contributed by atoms with Crippen LogP contribution in [0.15, 0.2) is 127 Å². The Bertz CT molecular complexity index is 2090. The van der Waals surface area contributed by atoms with E-state index in [9.17, 15) is 0 Å². The standard InChI is InChI=1S/C34H22N2/c1-2-10-23(11-3-1)36-32-17-9-7-15-28(32)34-27-14-5-4-12-24(27)29(21-33(34)36)22-18-19-26-25-13-6-8-16-30(25)35-31(26)20-22/h1-21,35H. The number of para-hydroxylation sites is 3. The number of hydrogen-bond donors (Lipinski definition) is 1. The lowest BCUT2D eigenvalue weighted by Gasteiger charge is -2.12. The summed E-state index contributed by atoms with van der Waals surface area (Å²) in [5.41, 5.74) is 8.45. The SMILES string of the molecule is c1ccc(-n2c3ccccc3c3c4ccccc4c(-c4ccc5c(c4)[nH]c4ccccc45)cc32)cc1. The van der Waals surface area contributed by atoms with Crippen LogP contribution >= 0.6 is 0 Å². The van der Waals surface area contributed by atoms with Crippen molar-refractivity contribution in [2.45, 2.75) is 0 Å². The second kappa shape index (κ2) is 7.34. The molecule has 6 aromatic carbocycles. The molecule has 2 heterocycles. The first kappa shape index (κ1) is 19.5. The van der Waals surface area contributed by atoms with Crippen molar-refractivity contribution in [1.29, 1.82) is 0 Å². The molecule has 0 aliphatic heterocycles. The van der Waals surface area contributed by atoms with Crippen LogP contribution in [-0.2, 0) is 0 Å². The summed E-state index contributed by atoms with van der Waals surface area (Å²) in [5, 5.41) is 7.68. The molecule has 8 aromatic rings. The van der Waals surface area contributed by atoms with Crippen molar-refractivity contribution in [2.75, 3.05) is 0 Å². The average molecular weight is 459 g/mol. The van der Waals surface area contributed by atoms with E-state index in [2.05, 4.69) is 137 Å². The molecule has 0 atom stereocenters. The molecule has 2 aromatic heterocycles. The molecule has 0 unspecified atom stereocenters. The molecule has 0 spiro atoms. The Labute approximate surface area is 208 Å². The molecule has 0 saturated heterocycles. The Morgan fingerprint density at radius 1 is 0.444 bits per heavy atom. The molecule has 0 radical (unpaired) electrons. The van der Waals surface area contributed by atoms with Crippen molar-refractivity contribution in [3.8, 4) is 16.8 Å². The highest BCUT2D eigenvalue weighted by Crippen LogP contribution is 2.42. The maximum Gasteiger partial charge on any atom is 0.0553 e. The van der Waals surface area contributed by atoms with Gasteiger partial charge in [-0.15, -0.1) is 0 Å². The van der Waals surface area contributed by atoms with Crippen molar-refractivity contribution in [2.24, 2.45) is 0 Å². The second-order valence-electron chi connectivity index (χ2n) is 9.48. The minimum atomic E-state index is 1.17. The van der Waals surface area contributed by atoms with Crippen molar-refractivity contribution in [1.82, 2.24) is 9.55 Å². The third-order valence-corrected chi connectivity index (χ3v) is 7.51. The van der Waals surface area contributed by atoms with E-state index >= 15 is 0 Å². The second-order valence-corrected chi connectivity index (χ2v) is 9.48. The first-order chi connectivity index (χ1) is 17.9. The first-order valence-electron chi connectivity index (χ1n) is 12.4. The van der Waals surface area contributed by atoms with Gasteiger partial charge in [0.25, 0.3) is 0 Å². The summed E-state index contributed by atoms with van der Waals surface area (Å²) in [6, 6.07) is 46.0. The molecule has 0 bridgehead atoms. The zero-order chi connectivity index (χ0) is 23.6. The van der Waals surface area contributed by atoms with Crippen molar-refractivity contribution in [3.63, 3.8) is 0 Å². The first-order valence-corrected chi connectivity index (χ1v) is 12.4. The van der Waals surface area contributed by atoms with E-state index in [4.69, 9.17) is 0 Å². The summed E-state index contributed by atoms with van der Waals surface area (Å²) in [4.78, 5) is 3.63. The third-order valence-electron chi connectivity index (χ3n) is 7.51. The van der Waals surface area contributed by atoms with Gasteiger partial charge in [0.15, 0.2) is 0 Å². The van der Waals surface area contributed by atoms with Crippen LogP contribution in [0.1, 0.15) is 0 Å². The average Bonchev–Trinajstić information content (AvgIpc) is 3.48. The van der Waals surface area contributed by atoms with Gasteiger partial charge in [-0.2, -0.15) is 0 Å². The van der Waals surface area contributed by atoms with Crippen LogP contribution < -0.4 is 0 Å². The zero-order valence-corrected chi connectivity index (χ0v) is 19.6. The number of nitrogens with one attached hydrogen (secondary N) is 1. The number of nitrogens with zero attached hydrogens (tertiary/aromatic N) is 1. The van der Waals surface area contributed by atoms with E-state index in [0.29, 0.717) is 0 Å². The maximum absolute atomic E-state index is 3.63. The van der Waals surface area contributed by atoms with Gasteiger partial charge in [0.2, 0.25) is 0 Å². The number of benzene rings is 6. The molecule has 0 aliphatic rings. The van der Waals surface area contributed by atoms with Gasteiger partial charge in [-0.3, -0.25) is 0 Å². The lowest BCUT2D eigenvalue weighted by atomic mass is 9.94. The summed E-state index contributed by atoms with van der Waals surface area (Å²) in [6.45, 7) is 0. The van der Waals surface area contributed by atoms with Gasteiger partial charge in [0, 0.05) is 38.3 Å². The van der Waals surface area contributed by atoms with Crippen LogP contribution in [0, 0.1) is 0 Å². The fraction of sp³-hybridized carbons (Fsp3) is 0. The monoisotopic (exact) mass is 458 g/mol. The predicted molar refractivity (Wildman–Crippen MR) is 153 cm³/mol. The number of H-pyrrole nitrogens is 1. The van der Waals surface area contributed by atoms with Crippen molar-refractivity contribution >= 4 is 54.4 Å². The van der Waals surface area contributed by atoms with Crippen molar-refractivity contribution in [3.05, 3.63) is 127 Å². The van der Waals surface area contributed by atoms with Crippen LogP contribution in [0.25, 0.3) is 71.2 Å². The predicted octanol–water partition coefficient (Wildman–Crippen LogP) is 9.24. The topological polar surface area (TPSA) is 20.7 Å². The number of aromatic amines is 1. The smallest absolute Gasteiger partial charge is 0.0553 e. The Balaban J connectivity index is 1.51. The van der Waals surface area contributed by atoms with Gasteiger partial charge in [0.05, 0.1) is 11.0 Å². The van der Waals surface area contributed by atoms with E-state index in [1.807, 2.05) is 0 Å². The van der Waals surface area contributed by atoms with Gasteiger partial charge in [-0.1, -0.05) is 91.0 Å². The zero-order valence-electron chi connectivity index (χ0n) is 19.6. The van der Waals surface area contributed by atoms with E-state index in [1.54, 1.807) is 0 Å². The van der Waals surface area contributed by atoms with Crippen LogP contribution in [0.2, 0.25) is 0 Å². The van der Waals surface area contributed by atoms with Gasteiger partial charge in [-0.25, -0.2) is 0 Å². The number of aromatic nitrogens is 2. The molecule has 8 rings (SSSR count). The summed E-state index contributed by atoms with van der Waals surface area (Å²) >= 11 is 0. The molecule has 0 saturated carbocycles. The molecule has 36 heavy (non-hydrogen) atoms. The summed E-state index contributed by atoms with van der Waals surface area (Å²) in [7, 11) is 0. The molecule has 168 valence electrons. The van der Waals surface area contributed by atoms with E-state index < -0.39 is 0 Å². The molecule has 0 aliphatic carbocycles. The van der Waals surface area contributed by atoms with Crippen LogP contribution in [-0.4, -0.2) is 9.55 Å². The van der Waals surface area contributed by atoms with Crippen LogP contribution in [0.4, 0.5) is 0 Å². The summed E-state index contributed by atoms with van der Waals surface area (Å²) < 4.78 is 2.40. The van der Waals surface area contributed by atoms with Crippen LogP contribution in [0.5, 0.6) is 0 Å². The normalized spacial score (nSPS) is 11.9. The van der Waals surface area contributed by atoms with E-state index in [0.717, 1.165) is 0 Å². The number of rotatable bonds is 2. The van der Waals surface area contributed by atoms with Gasteiger partial charge in [-0.05, 0) is 58.3 Å². The van der Waals surface area contributed by atoms with E-state index in [1.165, 1.54) is 71.2 Å². The lowest BCUT2D eigenvalue weighted by molar-refractivity contribution is 1.18. The largest absolute Gasteiger partial charge is 0.354 e. The highest BCUT2D eigenvalue weighted by molar-refractivity contribution is 6.24. The van der Waals surface area contributed by atoms with Crippen molar-refractivity contribution < 1.29 is 0 Å². The molecule has 2 heteroatoms. The third kappa shape index (κ3) is 2.67. The molecular formula is C34H22N2. The molecule has 0 fully saturated rings. The Morgan fingerprint density at radius 3 is 1.97 bits per heavy atom. The summed E-state index contributed by atoms with van der Waals surface area (Å²) in [6.07, 6.45) is 0. The fourth-order valence-electron chi connectivity index (χ4n) is 5.95. The minimum absolute atomic E-state index is 1.17. The molecule has 1 N–H and O–H groups in total. The van der Waals surface area contributed by atoms with Gasteiger partial charge >= 0.3 is 0 Å². The Morgan fingerprint density at radius 2 is 1.11 bits per heavy atom. The Hall–Kier alpha value is -4.82. The summed E-state index contributed by atoms with van der Waals surface area (Å²) in [5.74, 6) is 0. The van der Waals surface area contributed by atoms with Crippen LogP contribution in [0.3, 0.4) is 0 Å². The lowest BCUT2D eigenvalue weighted by Crippen LogP contribution is -1.94. The highest BCUT2D eigenvalue weighted by Gasteiger charge is 2.18. The molecule has 0 amide bonds. The molecule has 2 nitrogen and oxygen atoms in total. The van der Waals surface area contributed by atoms with Gasteiger partial charge < -0.3 is 9.55 Å². The highest BCUT2D eigenvalue weighted by atomic mass is 15.0. The maximum atomic E-state index is 3.63. The van der Waals surface area contributed by atoms with Gasteiger partial charge in [0.1, 0.15) is 0 Å². The molecular weight excluding hydrogens is 436 g/mol. The Kier molecular flexibility index (Phi) is 3.97. The number of fused-ring (bicyclic) bond motifs is 8. The minimum Gasteiger partial charge on any atom is -0.354 e.